The molecule has 0 unspecified atom stereocenters. The van der Waals surface area contributed by atoms with E-state index in [1.807, 2.05) is 0 Å². The van der Waals surface area contributed by atoms with Gasteiger partial charge < -0.3 is 10.0 Å². The molecule has 1 aliphatic heterocycles. The summed E-state index contributed by atoms with van der Waals surface area (Å²) in [5, 5.41) is 9.39. The molecule has 1 aromatic carbocycles. The minimum absolute atomic E-state index is 0.141. The quantitative estimate of drug-likeness (QED) is 0.885. The molecular weight excluding hydrogens is 238 g/mol. The van der Waals surface area contributed by atoms with Crippen LogP contribution in [0.3, 0.4) is 0 Å². The number of hydrogen-bond acceptors (Lipinski definition) is 2. The van der Waals surface area contributed by atoms with E-state index in [1.54, 1.807) is 6.92 Å². The molecule has 0 radical (unpaired) electrons. The molecule has 104 valence electrons. The van der Waals surface area contributed by atoms with E-state index in [4.69, 9.17) is 0 Å². The highest BCUT2D eigenvalue weighted by Gasteiger charge is 2.40. The van der Waals surface area contributed by atoms with Gasteiger partial charge in [0.15, 0.2) is 0 Å². The predicted molar refractivity (Wildman–Crippen MR) is 77.9 cm³/mol. The number of carboxylic acid groups (broad SMARTS) is 1. The number of carboxylic acids is 1. The van der Waals surface area contributed by atoms with Crippen LogP contribution in [0.4, 0.5) is 5.69 Å². The average molecular weight is 261 g/mol. The molecule has 0 aliphatic carbocycles. The standard InChI is InChI=1S/C16H23NO2/c1-10-6-7-13-11(2)9-16(4,5)17(14(13)8-10)12(3)15(18)19/h6-8,11-12H,9H2,1-5H3,(H,18,19)/t11-,12-/m0/s1. The Morgan fingerprint density at radius 3 is 2.68 bits per heavy atom. The average Bonchev–Trinajstić information content (AvgIpc) is 2.26. The number of anilines is 1. The molecular formula is C16H23NO2. The monoisotopic (exact) mass is 261 g/mol. The van der Waals surface area contributed by atoms with Crippen molar-refractivity contribution in [2.75, 3.05) is 4.90 Å². The van der Waals surface area contributed by atoms with Crippen LogP contribution in [-0.4, -0.2) is 22.7 Å². The van der Waals surface area contributed by atoms with Gasteiger partial charge in [-0.2, -0.15) is 0 Å². The van der Waals surface area contributed by atoms with Crippen molar-refractivity contribution in [1.82, 2.24) is 0 Å². The van der Waals surface area contributed by atoms with Gasteiger partial charge in [0, 0.05) is 11.2 Å². The van der Waals surface area contributed by atoms with E-state index in [9.17, 15) is 9.90 Å². The van der Waals surface area contributed by atoms with Crippen molar-refractivity contribution in [1.29, 1.82) is 0 Å². The minimum atomic E-state index is -0.768. The van der Waals surface area contributed by atoms with Crippen molar-refractivity contribution in [2.45, 2.75) is 58.5 Å². The second-order valence-corrected chi connectivity index (χ2v) is 6.36. The predicted octanol–water partition coefficient (Wildman–Crippen LogP) is 3.56. The Balaban J connectivity index is 2.60. The summed E-state index contributed by atoms with van der Waals surface area (Å²) < 4.78 is 0. The lowest BCUT2D eigenvalue weighted by Crippen LogP contribution is -2.55. The van der Waals surface area contributed by atoms with Crippen LogP contribution >= 0.6 is 0 Å². The van der Waals surface area contributed by atoms with E-state index in [2.05, 4.69) is 50.8 Å². The Labute approximate surface area is 115 Å². The molecule has 1 aliphatic rings. The van der Waals surface area contributed by atoms with Crippen LogP contribution < -0.4 is 4.90 Å². The maximum absolute atomic E-state index is 11.4. The van der Waals surface area contributed by atoms with Gasteiger partial charge in [0.05, 0.1) is 0 Å². The first-order valence-electron chi connectivity index (χ1n) is 6.87. The zero-order valence-corrected chi connectivity index (χ0v) is 12.4. The van der Waals surface area contributed by atoms with E-state index in [0.717, 1.165) is 12.1 Å². The summed E-state index contributed by atoms with van der Waals surface area (Å²) in [4.78, 5) is 13.5. The summed E-state index contributed by atoms with van der Waals surface area (Å²) in [5.41, 5.74) is 3.38. The maximum atomic E-state index is 11.4. The summed E-state index contributed by atoms with van der Waals surface area (Å²) in [6.07, 6.45) is 0.973. The highest BCUT2D eigenvalue weighted by Crippen LogP contribution is 2.44. The SMILES string of the molecule is Cc1ccc2c(c1)N([C@@H](C)C(=O)O)C(C)(C)C[C@@H]2C. The van der Waals surface area contributed by atoms with Crippen LogP contribution in [0.1, 0.15) is 51.2 Å². The molecule has 0 saturated carbocycles. The first kappa shape index (κ1) is 13.9. The molecule has 2 rings (SSSR count). The molecule has 1 heterocycles. The summed E-state index contributed by atoms with van der Waals surface area (Å²) in [5.74, 6) is -0.307. The number of carbonyl (C=O) groups is 1. The number of aliphatic carboxylic acids is 1. The van der Waals surface area contributed by atoms with Crippen molar-refractivity contribution in [2.24, 2.45) is 0 Å². The number of nitrogens with zero attached hydrogens (tertiary/aromatic N) is 1. The summed E-state index contributed by atoms with van der Waals surface area (Å²) in [6, 6.07) is 5.86. The Hall–Kier alpha value is -1.51. The highest BCUT2D eigenvalue weighted by atomic mass is 16.4. The normalized spacial score (nSPS) is 22.8. The molecule has 0 saturated heterocycles. The second kappa shape index (κ2) is 4.55. The number of rotatable bonds is 2. The van der Waals surface area contributed by atoms with Gasteiger partial charge >= 0.3 is 5.97 Å². The fourth-order valence-corrected chi connectivity index (χ4v) is 3.41. The maximum Gasteiger partial charge on any atom is 0.326 e. The molecule has 0 fully saturated rings. The van der Waals surface area contributed by atoms with Gasteiger partial charge in [-0.05, 0) is 57.2 Å². The van der Waals surface area contributed by atoms with Gasteiger partial charge in [0.2, 0.25) is 0 Å². The van der Waals surface area contributed by atoms with Gasteiger partial charge in [0.1, 0.15) is 6.04 Å². The molecule has 0 amide bonds. The van der Waals surface area contributed by atoms with E-state index < -0.39 is 12.0 Å². The van der Waals surface area contributed by atoms with Crippen molar-refractivity contribution < 1.29 is 9.90 Å². The molecule has 2 atom stereocenters. The highest BCUT2D eigenvalue weighted by molar-refractivity contribution is 5.79. The fraction of sp³-hybridized carbons (Fsp3) is 0.562. The first-order valence-corrected chi connectivity index (χ1v) is 6.87. The van der Waals surface area contributed by atoms with Crippen LogP contribution in [0.25, 0.3) is 0 Å². The lowest BCUT2D eigenvalue weighted by atomic mass is 9.79. The van der Waals surface area contributed by atoms with E-state index in [0.29, 0.717) is 5.92 Å². The van der Waals surface area contributed by atoms with Crippen LogP contribution in [-0.2, 0) is 4.79 Å². The van der Waals surface area contributed by atoms with Gasteiger partial charge in [-0.25, -0.2) is 4.79 Å². The Morgan fingerprint density at radius 2 is 2.11 bits per heavy atom. The summed E-state index contributed by atoms with van der Waals surface area (Å²) >= 11 is 0. The largest absolute Gasteiger partial charge is 0.480 e. The Bertz CT molecular complexity index is 507. The van der Waals surface area contributed by atoms with E-state index in [-0.39, 0.29) is 5.54 Å². The van der Waals surface area contributed by atoms with Gasteiger partial charge in [-0.3, -0.25) is 0 Å². The van der Waals surface area contributed by atoms with Gasteiger partial charge in [0.25, 0.3) is 0 Å². The third-order valence-electron chi connectivity index (χ3n) is 4.18. The van der Waals surface area contributed by atoms with Crippen LogP contribution in [0.5, 0.6) is 0 Å². The first-order chi connectivity index (χ1) is 8.74. The molecule has 0 bridgehead atoms. The van der Waals surface area contributed by atoms with Crippen molar-refractivity contribution in [3.8, 4) is 0 Å². The van der Waals surface area contributed by atoms with Crippen LogP contribution in [0.2, 0.25) is 0 Å². The van der Waals surface area contributed by atoms with Crippen LogP contribution in [0.15, 0.2) is 18.2 Å². The molecule has 1 N–H and O–H groups in total. The number of fused-ring (bicyclic) bond motifs is 1. The number of benzene rings is 1. The van der Waals surface area contributed by atoms with Crippen molar-refractivity contribution >= 4 is 11.7 Å². The third-order valence-corrected chi connectivity index (χ3v) is 4.18. The zero-order valence-electron chi connectivity index (χ0n) is 12.4. The second-order valence-electron chi connectivity index (χ2n) is 6.36. The number of hydrogen-bond donors (Lipinski definition) is 1. The molecule has 19 heavy (non-hydrogen) atoms. The van der Waals surface area contributed by atoms with E-state index in [1.165, 1.54) is 11.1 Å². The van der Waals surface area contributed by atoms with Crippen LogP contribution in [0, 0.1) is 6.92 Å². The fourth-order valence-electron chi connectivity index (χ4n) is 3.41. The summed E-state index contributed by atoms with van der Waals surface area (Å²) in [7, 11) is 0. The number of aryl methyl sites for hydroxylation is 1. The van der Waals surface area contributed by atoms with Gasteiger partial charge in [-0.15, -0.1) is 0 Å². The molecule has 3 nitrogen and oxygen atoms in total. The summed E-state index contributed by atoms with van der Waals surface area (Å²) in [6.45, 7) is 10.3. The smallest absolute Gasteiger partial charge is 0.326 e. The molecule has 1 aromatic rings. The minimum Gasteiger partial charge on any atom is -0.480 e. The van der Waals surface area contributed by atoms with E-state index >= 15 is 0 Å². The lowest BCUT2D eigenvalue weighted by molar-refractivity contribution is -0.138. The topological polar surface area (TPSA) is 40.5 Å². The molecule has 0 spiro atoms. The van der Waals surface area contributed by atoms with Crippen molar-refractivity contribution in [3.05, 3.63) is 29.3 Å². The lowest BCUT2D eigenvalue weighted by Gasteiger charge is -2.49. The molecule has 3 heteroatoms. The van der Waals surface area contributed by atoms with Crippen molar-refractivity contribution in [3.63, 3.8) is 0 Å². The van der Waals surface area contributed by atoms with Gasteiger partial charge in [-0.1, -0.05) is 19.1 Å². The molecule has 0 aromatic heterocycles. The zero-order chi connectivity index (χ0) is 14.4. The third kappa shape index (κ3) is 2.34. The Kier molecular flexibility index (Phi) is 3.33. The Morgan fingerprint density at radius 1 is 1.47 bits per heavy atom.